The number of nitrogens with zero attached hydrogens (tertiary/aromatic N) is 1. The summed E-state index contributed by atoms with van der Waals surface area (Å²) in [5, 5.41) is 19.7. The fourth-order valence-corrected chi connectivity index (χ4v) is 1.27. The molecule has 1 atom stereocenters. The molecule has 1 aromatic rings. The van der Waals surface area contributed by atoms with Crippen LogP contribution in [0.4, 0.5) is 5.69 Å². The van der Waals surface area contributed by atoms with Crippen LogP contribution in [0.25, 0.3) is 0 Å². The Morgan fingerprint density at radius 2 is 2.22 bits per heavy atom. The lowest BCUT2D eigenvalue weighted by atomic mass is 10.1. The summed E-state index contributed by atoms with van der Waals surface area (Å²) in [6.07, 6.45) is 0. The van der Waals surface area contributed by atoms with Crippen molar-refractivity contribution in [2.45, 2.75) is 19.4 Å². The van der Waals surface area contributed by atoms with Gasteiger partial charge in [-0.3, -0.25) is 14.9 Å². The molecule has 0 aliphatic heterocycles. The number of carboxylic acids is 1. The minimum atomic E-state index is -1.60. The van der Waals surface area contributed by atoms with Gasteiger partial charge in [-0.2, -0.15) is 0 Å². The number of hydrogen-bond acceptors (Lipinski definition) is 5. The van der Waals surface area contributed by atoms with Crippen LogP contribution in [0.3, 0.4) is 0 Å². The maximum atomic E-state index is 10.9. The standard InChI is InChI=1S/C11H14N2O5/c1-7-4-3-5-8(9(7)13(16)17)18-6-11(2,12)10(14)15/h3-5H,6,12H2,1-2H3,(H,14,15). The first-order valence-corrected chi connectivity index (χ1v) is 5.15. The Kier molecular flexibility index (Phi) is 3.87. The number of carbonyl (C=O) groups is 1. The Labute approximate surface area is 103 Å². The molecule has 0 amide bonds. The number of nitrogens with two attached hydrogens (primary N) is 1. The van der Waals surface area contributed by atoms with Crippen molar-refractivity contribution in [1.29, 1.82) is 0 Å². The van der Waals surface area contributed by atoms with Crippen molar-refractivity contribution in [3.05, 3.63) is 33.9 Å². The van der Waals surface area contributed by atoms with E-state index in [0.717, 1.165) is 0 Å². The smallest absolute Gasteiger partial charge is 0.326 e. The van der Waals surface area contributed by atoms with Gasteiger partial charge in [0.25, 0.3) is 0 Å². The maximum absolute atomic E-state index is 10.9. The average Bonchev–Trinajstić information content (AvgIpc) is 2.25. The molecule has 0 bridgehead atoms. The molecule has 98 valence electrons. The third kappa shape index (κ3) is 2.95. The van der Waals surface area contributed by atoms with E-state index < -0.39 is 16.4 Å². The fourth-order valence-electron chi connectivity index (χ4n) is 1.27. The molecule has 1 rings (SSSR count). The Bertz CT molecular complexity index is 484. The molecule has 1 unspecified atom stereocenters. The summed E-state index contributed by atoms with van der Waals surface area (Å²) < 4.78 is 5.16. The minimum absolute atomic E-state index is 0.0120. The van der Waals surface area contributed by atoms with E-state index in [-0.39, 0.29) is 18.0 Å². The van der Waals surface area contributed by atoms with Gasteiger partial charge in [-0.1, -0.05) is 12.1 Å². The summed E-state index contributed by atoms with van der Waals surface area (Å²) in [5.74, 6) is -1.23. The molecular weight excluding hydrogens is 240 g/mol. The predicted molar refractivity (Wildman–Crippen MR) is 63.6 cm³/mol. The highest BCUT2D eigenvalue weighted by Crippen LogP contribution is 2.30. The van der Waals surface area contributed by atoms with Crippen molar-refractivity contribution in [1.82, 2.24) is 0 Å². The number of aliphatic carboxylic acids is 1. The number of rotatable bonds is 5. The first kappa shape index (κ1) is 13.9. The molecule has 0 saturated carbocycles. The zero-order valence-corrected chi connectivity index (χ0v) is 10.0. The SMILES string of the molecule is Cc1cccc(OCC(C)(N)C(=O)O)c1[N+](=O)[O-]. The molecule has 7 nitrogen and oxygen atoms in total. The van der Waals surface area contributed by atoms with Crippen molar-refractivity contribution in [2.75, 3.05) is 6.61 Å². The molecule has 3 N–H and O–H groups in total. The monoisotopic (exact) mass is 254 g/mol. The third-order valence-corrected chi connectivity index (χ3v) is 2.40. The highest BCUT2D eigenvalue weighted by Gasteiger charge is 2.30. The van der Waals surface area contributed by atoms with Gasteiger partial charge in [0.15, 0.2) is 5.75 Å². The van der Waals surface area contributed by atoms with Gasteiger partial charge in [-0.25, -0.2) is 0 Å². The molecule has 0 fully saturated rings. The van der Waals surface area contributed by atoms with Crippen molar-refractivity contribution in [3.63, 3.8) is 0 Å². The first-order valence-electron chi connectivity index (χ1n) is 5.15. The lowest BCUT2D eigenvalue weighted by Crippen LogP contribution is -2.50. The van der Waals surface area contributed by atoms with Crippen LogP contribution < -0.4 is 10.5 Å². The largest absolute Gasteiger partial charge is 0.484 e. The Morgan fingerprint density at radius 3 is 2.72 bits per heavy atom. The van der Waals surface area contributed by atoms with Crippen LogP contribution in [0.5, 0.6) is 5.75 Å². The Balaban J connectivity index is 2.96. The molecule has 0 aliphatic carbocycles. The van der Waals surface area contributed by atoms with Crippen molar-refractivity contribution in [3.8, 4) is 5.75 Å². The molecule has 18 heavy (non-hydrogen) atoms. The van der Waals surface area contributed by atoms with Crippen LogP contribution in [0.2, 0.25) is 0 Å². The van der Waals surface area contributed by atoms with Crippen LogP contribution in [0.1, 0.15) is 12.5 Å². The molecule has 0 aromatic heterocycles. The molecule has 7 heteroatoms. The van der Waals surface area contributed by atoms with Gasteiger partial charge in [0.05, 0.1) is 4.92 Å². The molecule has 0 radical (unpaired) electrons. The van der Waals surface area contributed by atoms with E-state index in [1.807, 2.05) is 0 Å². The van der Waals surface area contributed by atoms with Gasteiger partial charge in [0.1, 0.15) is 12.1 Å². The number of carboxylic acid groups (broad SMARTS) is 1. The van der Waals surface area contributed by atoms with Crippen LogP contribution in [-0.4, -0.2) is 28.1 Å². The lowest BCUT2D eigenvalue weighted by molar-refractivity contribution is -0.386. The Hall–Kier alpha value is -2.15. The highest BCUT2D eigenvalue weighted by atomic mass is 16.6. The van der Waals surface area contributed by atoms with Gasteiger partial charge in [0, 0.05) is 5.56 Å². The Morgan fingerprint density at radius 1 is 1.61 bits per heavy atom. The van der Waals surface area contributed by atoms with E-state index >= 15 is 0 Å². The van der Waals surface area contributed by atoms with E-state index in [2.05, 4.69) is 0 Å². The summed E-state index contributed by atoms with van der Waals surface area (Å²) in [7, 11) is 0. The third-order valence-electron chi connectivity index (χ3n) is 2.40. The van der Waals surface area contributed by atoms with E-state index in [0.29, 0.717) is 5.56 Å². The second kappa shape index (κ2) is 5.01. The van der Waals surface area contributed by atoms with Gasteiger partial charge >= 0.3 is 11.7 Å². The molecule has 0 saturated heterocycles. The molecule has 0 spiro atoms. The number of para-hydroxylation sites is 1. The lowest BCUT2D eigenvalue weighted by Gasteiger charge is -2.19. The zero-order chi connectivity index (χ0) is 13.9. The number of nitro groups is 1. The second-order valence-electron chi connectivity index (χ2n) is 4.19. The van der Waals surface area contributed by atoms with Crippen LogP contribution in [-0.2, 0) is 4.79 Å². The first-order chi connectivity index (χ1) is 8.25. The average molecular weight is 254 g/mol. The van der Waals surface area contributed by atoms with E-state index in [1.165, 1.54) is 13.0 Å². The minimum Gasteiger partial charge on any atom is -0.484 e. The van der Waals surface area contributed by atoms with Crippen LogP contribution in [0.15, 0.2) is 18.2 Å². The van der Waals surface area contributed by atoms with Crippen LogP contribution in [0, 0.1) is 17.0 Å². The summed E-state index contributed by atoms with van der Waals surface area (Å²) >= 11 is 0. The van der Waals surface area contributed by atoms with Crippen molar-refractivity contribution < 1.29 is 19.6 Å². The number of aryl methyl sites for hydroxylation is 1. The van der Waals surface area contributed by atoms with Gasteiger partial charge in [0.2, 0.25) is 0 Å². The predicted octanol–water partition coefficient (Wildman–Crippen LogP) is 1.08. The van der Waals surface area contributed by atoms with Gasteiger partial charge < -0.3 is 15.6 Å². The summed E-state index contributed by atoms with van der Waals surface area (Å²) in [4.78, 5) is 21.1. The fraction of sp³-hybridized carbons (Fsp3) is 0.364. The van der Waals surface area contributed by atoms with E-state index in [4.69, 9.17) is 15.6 Å². The number of benzene rings is 1. The number of hydrogen-bond donors (Lipinski definition) is 2. The zero-order valence-electron chi connectivity index (χ0n) is 10.0. The van der Waals surface area contributed by atoms with Gasteiger partial charge in [-0.05, 0) is 19.9 Å². The number of nitro benzene ring substituents is 1. The second-order valence-corrected chi connectivity index (χ2v) is 4.19. The quantitative estimate of drug-likeness (QED) is 0.600. The van der Waals surface area contributed by atoms with Crippen LogP contribution >= 0.6 is 0 Å². The maximum Gasteiger partial charge on any atom is 0.326 e. The highest BCUT2D eigenvalue weighted by molar-refractivity contribution is 5.78. The summed E-state index contributed by atoms with van der Waals surface area (Å²) in [6.45, 7) is 2.49. The summed E-state index contributed by atoms with van der Waals surface area (Å²) in [5.41, 5.74) is 4.13. The molecule has 0 aliphatic rings. The topological polar surface area (TPSA) is 116 Å². The molecule has 1 aromatic carbocycles. The summed E-state index contributed by atoms with van der Waals surface area (Å²) in [6, 6.07) is 4.57. The van der Waals surface area contributed by atoms with Crippen molar-refractivity contribution in [2.24, 2.45) is 5.73 Å². The molecular formula is C11H14N2O5. The molecule has 0 heterocycles. The van der Waals surface area contributed by atoms with Gasteiger partial charge in [-0.15, -0.1) is 0 Å². The van der Waals surface area contributed by atoms with E-state index in [1.54, 1.807) is 19.1 Å². The number of ether oxygens (including phenoxy) is 1. The normalized spacial score (nSPS) is 13.7. The van der Waals surface area contributed by atoms with Crippen molar-refractivity contribution >= 4 is 11.7 Å². The van der Waals surface area contributed by atoms with E-state index in [9.17, 15) is 14.9 Å².